The Morgan fingerprint density at radius 1 is 1.29 bits per heavy atom. The van der Waals surface area contributed by atoms with Crippen molar-refractivity contribution in [2.45, 2.75) is 31.7 Å². The average Bonchev–Trinajstić information content (AvgIpc) is 3.17. The molecular formula is C17H29N3O. The lowest BCUT2D eigenvalue weighted by Crippen LogP contribution is -2.40. The van der Waals surface area contributed by atoms with Gasteiger partial charge in [-0.2, -0.15) is 0 Å². The molecule has 118 valence electrons. The standard InChI is InChI=1S/C17H29N3O/c1-19-8-4-6-15(14-19)12-18-13-16(17-7-5-11-21-17)20-9-2-3-10-20/h5,7,11,15-16,18H,2-4,6,8-10,12-14H2,1H3. The van der Waals surface area contributed by atoms with Crippen LogP contribution in [0.3, 0.4) is 0 Å². The zero-order chi connectivity index (χ0) is 14.5. The van der Waals surface area contributed by atoms with Gasteiger partial charge in [0.15, 0.2) is 0 Å². The second kappa shape index (κ2) is 7.43. The van der Waals surface area contributed by atoms with Crippen LogP contribution in [0.5, 0.6) is 0 Å². The zero-order valence-corrected chi connectivity index (χ0v) is 13.3. The van der Waals surface area contributed by atoms with Crippen molar-refractivity contribution in [3.63, 3.8) is 0 Å². The van der Waals surface area contributed by atoms with Crippen LogP contribution in [-0.4, -0.2) is 56.1 Å². The predicted molar refractivity (Wildman–Crippen MR) is 85.3 cm³/mol. The molecule has 2 atom stereocenters. The van der Waals surface area contributed by atoms with Crippen molar-refractivity contribution in [3.05, 3.63) is 24.2 Å². The van der Waals surface area contributed by atoms with Crippen molar-refractivity contribution in [1.29, 1.82) is 0 Å². The summed E-state index contributed by atoms with van der Waals surface area (Å²) in [7, 11) is 2.24. The molecule has 0 aliphatic carbocycles. The number of hydrogen-bond acceptors (Lipinski definition) is 4. The largest absolute Gasteiger partial charge is 0.468 e. The van der Waals surface area contributed by atoms with Crippen LogP contribution in [0, 0.1) is 5.92 Å². The van der Waals surface area contributed by atoms with Crippen LogP contribution in [0.1, 0.15) is 37.5 Å². The first-order chi connectivity index (χ1) is 10.3. The Morgan fingerprint density at radius 3 is 2.86 bits per heavy atom. The molecule has 3 rings (SSSR count). The van der Waals surface area contributed by atoms with Gasteiger partial charge in [0, 0.05) is 13.1 Å². The fraction of sp³-hybridized carbons (Fsp3) is 0.765. The molecule has 21 heavy (non-hydrogen) atoms. The Bertz CT molecular complexity index is 400. The number of piperidine rings is 1. The molecule has 2 aliphatic rings. The van der Waals surface area contributed by atoms with E-state index in [0.717, 1.165) is 24.8 Å². The van der Waals surface area contributed by atoms with Crippen molar-refractivity contribution in [3.8, 4) is 0 Å². The third-order valence-electron chi connectivity index (χ3n) is 4.95. The fourth-order valence-corrected chi connectivity index (χ4v) is 3.81. The highest BCUT2D eigenvalue weighted by molar-refractivity contribution is 5.06. The van der Waals surface area contributed by atoms with Gasteiger partial charge < -0.3 is 14.6 Å². The minimum atomic E-state index is 0.406. The van der Waals surface area contributed by atoms with E-state index < -0.39 is 0 Å². The van der Waals surface area contributed by atoms with Gasteiger partial charge in [0.2, 0.25) is 0 Å². The molecule has 0 spiro atoms. The van der Waals surface area contributed by atoms with E-state index in [1.165, 1.54) is 51.9 Å². The van der Waals surface area contributed by atoms with Crippen molar-refractivity contribution in [1.82, 2.24) is 15.1 Å². The van der Waals surface area contributed by atoms with E-state index in [1.54, 1.807) is 6.26 Å². The van der Waals surface area contributed by atoms with E-state index >= 15 is 0 Å². The number of furan rings is 1. The van der Waals surface area contributed by atoms with E-state index in [4.69, 9.17) is 4.42 Å². The number of rotatable bonds is 6. The van der Waals surface area contributed by atoms with Crippen LogP contribution < -0.4 is 5.32 Å². The van der Waals surface area contributed by atoms with Crippen LogP contribution in [0.2, 0.25) is 0 Å². The molecule has 1 aromatic heterocycles. The van der Waals surface area contributed by atoms with Gasteiger partial charge >= 0.3 is 0 Å². The molecule has 4 heteroatoms. The summed E-state index contributed by atoms with van der Waals surface area (Å²) in [5.74, 6) is 1.92. The summed E-state index contributed by atoms with van der Waals surface area (Å²) in [5.41, 5.74) is 0. The number of hydrogen-bond donors (Lipinski definition) is 1. The van der Waals surface area contributed by atoms with Crippen molar-refractivity contribution < 1.29 is 4.42 Å². The fourth-order valence-electron chi connectivity index (χ4n) is 3.81. The van der Waals surface area contributed by atoms with Crippen LogP contribution in [0.4, 0.5) is 0 Å². The molecule has 0 saturated carbocycles. The highest BCUT2D eigenvalue weighted by atomic mass is 16.3. The molecular weight excluding hydrogens is 262 g/mol. The predicted octanol–water partition coefficient (Wildman–Crippen LogP) is 2.35. The van der Waals surface area contributed by atoms with Gasteiger partial charge in [0.05, 0.1) is 12.3 Å². The summed E-state index contributed by atoms with van der Waals surface area (Å²) in [4.78, 5) is 5.03. The van der Waals surface area contributed by atoms with Gasteiger partial charge in [-0.1, -0.05) is 0 Å². The highest BCUT2D eigenvalue weighted by Crippen LogP contribution is 2.25. The second-order valence-electron chi connectivity index (χ2n) is 6.70. The van der Waals surface area contributed by atoms with Gasteiger partial charge in [-0.15, -0.1) is 0 Å². The molecule has 0 radical (unpaired) electrons. The minimum Gasteiger partial charge on any atom is -0.468 e. The first-order valence-electron chi connectivity index (χ1n) is 8.49. The van der Waals surface area contributed by atoms with Crippen LogP contribution in [-0.2, 0) is 0 Å². The molecule has 1 N–H and O–H groups in total. The number of likely N-dealkylation sites (tertiary alicyclic amines) is 2. The van der Waals surface area contributed by atoms with Gasteiger partial charge in [-0.05, 0) is 77.0 Å². The molecule has 0 bridgehead atoms. The number of nitrogens with zero attached hydrogens (tertiary/aromatic N) is 2. The van der Waals surface area contributed by atoms with E-state index in [2.05, 4.69) is 28.2 Å². The Labute approximate surface area is 128 Å². The van der Waals surface area contributed by atoms with E-state index in [9.17, 15) is 0 Å². The second-order valence-corrected chi connectivity index (χ2v) is 6.70. The molecule has 4 nitrogen and oxygen atoms in total. The molecule has 2 aliphatic heterocycles. The molecule has 2 unspecified atom stereocenters. The lowest BCUT2D eigenvalue weighted by molar-refractivity contribution is 0.186. The van der Waals surface area contributed by atoms with E-state index in [1.807, 2.05) is 6.07 Å². The maximum absolute atomic E-state index is 5.68. The maximum Gasteiger partial charge on any atom is 0.122 e. The van der Waals surface area contributed by atoms with Gasteiger partial charge in [-0.3, -0.25) is 4.90 Å². The van der Waals surface area contributed by atoms with Crippen molar-refractivity contribution in [2.75, 3.05) is 46.3 Å². The Kier molecular flexibility index (Phi) is 5.33. The lowest BCUT2D eigenvalue weighted by atomic mass is 9.98. The van der Waals surface area contributed by atoms with Crippen LogP contribution in [0.25, 0.3) is 0 Å². The summed E-state index contributed by atoms with van der Waals surface area (Å²) >= 11 is 0. The number of nitrogens with one attached hydrogen (secondary N) is 1. The molecule has 0 amide bonds. The van der Waals surface area contributed by atoms with E-state index in [-0.39, 0.29) is 0 Å². The van der Waals surface area contributed by atoms with Gasteiger partial charge in [0.25, 0.3) is 0 Å². The lowest BCUT2D eigenvalue weighted by Gasteiger charge is -2.31. The SMILES string of the molecule is CN1CCCC(CNCC(c2ccco2)N2CCCC2)C1. The maximum atomic E-state index is 5.68. The Hall–Kier alpha value is -0.840. The topological polar surface area (TPSA) is 31.6 Å². The molecule has 3 heterocycles. The van der Waals surface area contributed by atoms with E-state index in [0.29, 0.717) is 6.04 Å². The molecule has 2 saturated heterocycles. The zero-order valence-electron chi connectivity index (χ0n) is 13.3. The normalized spacial score (nSPS) is 26.2. The molecule has 0 aromatic carbocycles. The Balaban J connectivity index is 1.50. The third kappa shape index (κ3) is 4.09. The monoisotopic (exact) mass is 291 g/mol. The minimum absolute atomic E-state index is 0.406. The summed E-state index contributed by atoms with van der Waals surface area (Å²) < 4.78 is 5.68. The molecule has 2 fully saturated rings. The van der Waals surface area contributed by atoms with Gasteiger partial charge in [-0.25, -0.2) is 0 Å². The molecule has 1 aromatic rings. The summed E-state index contributed by atoms with van der Waals surface area (Å²) in [6, 6.07) is 4.54. The average molecular weight is 291 g/mol. The van der Waals surface area contributed by atoms with Crippen LogP contribution >= 0.6 is 0 Å². The van der Waals surface area contributed by atoms with Crippen molar-refractivity contribution in [2.24, 2.45) is 5.92 Å². The van der Waals surface area contributed by atoms with Crippen LogP contribution in [0.15, 0.2) is 22.8 Å². The Morgan fingerprint density at radius 2 is 2.14 bits per heavy atom. The summed E-state index contributed by atoms with van der Waals surface area (Å²) in [5, 5.41) is 3.71. The van der Waals surface area contributed by atoms with Crippen molar-refractivity contribution >= 4 is 0 Å². The third-order valence-corrected chi connectivity index (χ3v) is 4.95. The first kappa shape index (κ1) is 15.1. The quantitative estimate of drug-likeness (QED) is 0.872. The smallest absolute Gasteiger partial charge is 0.122 e. The summed E-state index contributed by atoms with van der Waals surface area (Å²) in [6.07, 6.45) is 7.16. The highest BCUT2D eigenvalue weighted by Gasteiger charge is 2.25. The summed E-state index contributed by atoms with van der Waals surface area (Å²) in [6.45, 7) is 7.06. The van der Waals surface area contributed by atoms with Gasteiger partial charge in [0.1, 0.15) is 5.76 Å². The first-order valence-corrected chi connectivity index (χ1v) is 8.49.